The Hall–Kier alpha value is -2.08. The van der Waals surface area contributed by atoms with E-state index < -0.39 is 0 Å². The molecule has 0 spiro atoms. The van der Waals surface area contributed by atoms with Crippen molar-refractivity contribution in [2.75, 3.05) is 23.4 Å². The summed E-state index contributed by atoms with van der Waals surface area (Å²) in [7, 11) is 1.74. The third-order valence-corrected chi connectivity index (χ3v) is 3.93. The lowest BCUT2D eigenvalue weighted by Crippen LogP contribution is -2.12. The number of aromatic nitrogens is 1. The molecule has 0 saturated carbocycles. The first-order valence-electron chi connectivity index (χ1n) is 5.84. The molecule has 6 heteroatoms. The zero-order valence-electron chi connectivity index (χ0n) is 11.1. The molecule has 0 aliphatic carbocycles. The topological polar surface area (TPSA) is 80.0 Å². The van der Waals surface area contributed by atoms with E-state index in [1.165, 1.54) is 16.9 Å². The van der Waals surface area contributed by atoms with Crippen molar-refractivity contribution in [3.05, 3.63) is 34.2 Å². The molecule has 0 atom stereocenters. The fourth-order valence-electron chi connectivity index (χ4n) is 1.61. The van der Waals surface area contributed by atoms with Crippen molar-refractivity contribution in [2.45, 2.75) is 13.8 Å². The third kappa shape index (κ3) is 2.85. The number of nitrogens with zero attached hydrogens (tertiary/aromatic N) is 1. The number of rotatable bonds is 3. The van der Waals surface area contributed by atoms with Crippen LogP contribution in [0, 0.1) is 13.8 Å². The summed E-state index contributed by atoms with van der Waals surface area (Å²) in [5.74, 6) is 0.00966. The molecule has 0 unspecified atom stereocenters. The number of anilines is 3. The van der Waals surface area contributed by atoms with Gasteiger partial charge in [-0.25, -0.2) is 4.98 Å². The maximum atomic E-state index is 12.1. The first kappa shape index (κ1) is 13.4. The lowest BCUT2D eigenvalue weighted by atomic mass is 10.1. The second kappa shape index (κ2) is 5.27. The summed E-state index contributed by atoms with van der Waals surface area (Å²) < 4.78 is 0. The number of hydrogen-bond acceptors (Lipinski definition) is 5. The minimum Gasteiger partial charge on any atom is -0.382 e. The van der Waals surface area contributed by atoms with E-state index in [0.717, 1.165) is 11.3 Å². The summed E-state index contributed by atoms with van der Waals surface area (Å²) in [6, 6.07) is 5.78. The average Bonchev–Trinajstić information content (AvgIpc) is 2.75. The molecule has 2 aromatic rings. The van der Waals surface area contributed by atoms with Gasteiger partial charge in [-0.3, -0.25) is 4.79 Å². The second-order valence-corrected chi connectivity index (χ2v) is 5.24. The zero-order valence-corrected chi connectivity index (χ0v) is 11.9. The highest BCUT2D eigenvalue weighted by molar-refractivity contribution is 7.18. The standard InChI is InChI=1S/C13H16N4OS/c1-7-4-5-9(6-8(7)2)16-12(18)10-11(14)17-13(15-3)19-10/h4-6H,14H2,1-3H3,(H,15,17)(H,16,18). The molecule has 0 aliphatic rings. The van der Waals surface area contributed by atoms with E-state index in [2.05, 4.69) is 15.6 Å². The molecular weight excluding hydrogens is 260 g/mol. The second-order valence-electron chi connectivity index (χ2n) is 4.24. The largest absolute Gasteiger partial charge is 0.382 e. The summed E-state index contributed by atoms with van der Waals surface area (Å²) >= 11 is 1.23. The number of aryl methyl sites for hydroxylation is 2. The van der Waals surface area contributed by atoms with Crippen LogP contribution in [0.5, 0.6) is 0 Å². The van der Waals surface area contributed by atoms with Crippen LogP contribution in [-0.4, -0.2) is 17.9 Å². The predicted molar refractivity (Wildman–Crippen MR) is 79.9 cm³/mol. The van der Waals surface area contributed by atoms with Gasteiger partial charge < -0.3 is 16.4 Å². The van der Waals surface area contributed by atoms with E-state index in [-0.39, 0.29) is 11.7 Å². The molecule has 2 rings (SSSR count). The molecule has 1 aromatic heterocycles. The van der Waals surface area contributed by atoms with E-state index in [1.807, 2.05) is 32.0 Å². The van der Waals surface area contributed by atoms with Gasteiger partial charge in [-0.2, -0.15) is 0 Å². The summed E-state index contributed by atoms with van der Waals surface area (Å²) in [5, 5.41) is 6.33. The molecule has 4 N–H and O–H groups in total. The average molecular weight is 276 g/mol. The highest BCUT2D eigenvalue weighted by Crippen LogP contribution is 2.25. The van der Waals surface area contributed by atoms with Gasteiger partial charge in [0.2, 0.25) is 0 Å². The van der Waals surface area contributed by atoms with Crippen LogP contribution >= 0.6 is 11.3 Å². The van der Waals surface area contributed by atoms with Crippen molar-refractivity contribution in [1.29, 1.82) is 0 Å². The van der Waals surface area contributed by atoms with Gasteiger partial charge in [-0.1, -0.05) is 17.4 Å². The predicted octanol–water partition coefficient (Wildman–Crippen LogP) is 2.64. The van der Waals surface area contributed by atoms with Gasteiger partial charge in [0.1, 0.15) is 10.7 Å². The van der Waals surface area contributed by atoms with Crippen LogP contribution in [0.1, 0.15) is 20.8 Å². The lowest BCUT2D eigenvalue weighted by Gasteiger charge is -2.06. The van der Waals surface area contributed by atoms with Gasteiger partial charge in [-0.05, 0) is 37.1 Å². The fourth-order valence-corrected chi connectivity index (χ4v) is 2.34. The summed E-state index contributed by atoms with van der Waals surface area (Å²) in [6.07, 6.45) is 0. The number of carbonyl (C=O) groups excluding carboxylic acids is 1. The maximum absolute atomic E-state index is 12.1. The van der Waals surface area contributed by atoms with Crippen molar-refractivity contribution >= 4 is 33.9 Å². The van der Waals surface area contributed by atoms with Crippen LogP contribution in [-0.2, 0) is 0 Å². The number of benzene rings is 1. The Balaban J connectivity index is 2.20. The van der Waals surface area contributed by atoms with Crippen molar-refractivity contribution < 1.29 is 4.79 Å². The van der Waals surface area contributed by atoms with E-state index in [1.54, 1.807) is 7.05 Å². The molecule has 1 amide bonds. The number of nitrogens with one attached hydrogen (secondary N) is 2. The molecule has 100 valence electrons. The van der Waals surface area contributed by atoms with Gasteiger partial charge in [0.25, 0.3) is 5.91 Å². The molecule has 1 heterocycles. The van der Waals surface area contributed by atoms with Crippen LogP contribution in [0.2, 0.25) is 0 Å². The van der Waals surface area contributed by atoms with Crippen LogP contribution < -0.4 is 16.4 Å². The highest BCUT2D eigenvalue weighted by atomic mass is 32.1. The minimum absolute atomic E-state index is 0.236. The molecular formula is C13H16N4OS. The molecule has 0 bridgehead atoms. The smallest absolute Gasteiger partial charge is 0.269 e. The Morgan fingerprint density at radius 3 is 2.63 bits per heavy atom. The number of carbonyl (C=O) groups is 1. The SMILES string of the molecule is CNc1nc(N)c(C(=O)Nc2ccc(C)c(C)c2)s1. The van der Waals surface area contributed by atoms with Crippen LogP contribution in [0.25, 0.3) is 0 Å². The Kier molecular flexibility index (Phi) is 3.71. The summed E-state index contributed by atoms with van der Waals surface area (Å²) in [6.45, 7) is 4.03. The van der Waals surface area contributed by atoms with Gasteiger partial charge in [0.15, 0.2) is 5.13 Å². The fraction of sp³-hybridized carbons (Fsp3) is 0.231. The van der Waals surface area contributed by atoms with Crippen LogP contribution in [0.3, 0.4) is 0 Å². The normalized spacial score (nSPS) is 10.3. The zero-order chi connectivity index (χ0) is 14.0. The molecule has 0 radical (unpaired) electrons. The number of thiazole rings is 1. The van der Waals surface area contributed by atoms with Crippen molar-refractivity contribution in [3.63, 3.8) is 0 Å². The van der Waals surface area contributed by atoms with Gasteiger partial charge in [0.05, 0.1) is 0 Å². The first-order valence-corrected chi connectivity index (χ1v) is 6.65. The van der Waals surface area contributed by atoms with Crippen molar-refractivity contribution in [2.24, 2.45) is 0 Å². The maximum Gasteiger partial charge on any atom is 0.269 e. The van der Waals surface area contributed by atoms with Crippen molar-refractivity contribution in [1.82, 2.24) is 4.98 Å². The van der Waals surface area contributed by atoms with Crippen LogP contribution in [0.4, 0.5) is 16.6 Å². The highest BCUT2D eigenvalue weighted by Gasteiger charge is 2.15. The number of amides is 1. The number of nitrogen functional groups attached to an aromatic ring is 1. The molecule has 0 fully saturated rings. The van der Waals surface area contributed by atoms with E-state index in [0.29, 0.717) is 10.0 Å². The third-order valence-electron chi connectivity index (χ3n) is 2.84. The number of hydrogen-bond donors (Lipinski definition) is 3. The van der Waals surface area contributed by atoms with E-state index in [4.69, 9.17) is 5.73 Å². The van der Waals surface area contributed by atoms with Gasteiger partial charge in [0, 0.05) is 12.7 Å². The van der Waals surface area contributed by atoms with E-state index >= 15 is 0 Å². The minimum atomic E-state index is -0.236. The Morgan fingerprint density at radius 1 is 1.32 bits per heavy atom. The Morgan fingerprint density at radius 2 is 2.05 bits per heavy atom. The quantitative estimate of drug-likeness (QED) is 0.805. The van der Waals surface area contributed by atoms with Gasteiger partial charge in [-0.15, -0.1) is 0 Å². The molecule has 5 nitrogen and oxygen atoms in total. The van der Waals surface area contributed by atoms with Crippen molar-refractivity contribution in [3.8, 4) is 0 Å². The van der Waals surface area contributed by atoms with E-state index in [9.17, 15) is 4.79 Å². The molecule has 1 aromatic carbocycles. The Bertz CT molecular complexity index is 621. The molecule has 19 heavy (non-hydrogen) atoms. The summed E-state index contributed by atoms with van der Waals surface area (Å²) in [5.41, 5.74) is 8.80. The lowest BCUT2D eigenvalue weighted by molar-refractivity contribution is 0.103. The monoisotopic (exact) mass is 276 g/mol. The molecule has 0 saturated heterocycles. The Labute approximate surface area is 115 Å². The molecule has 0 aliphatic heterocycles. The summed E-state index contributed by atoms with van der Waals surface area (Å²) in [4.78, 5) is 16.6. The number of nitrogens with two attached hydrogens (primary N) is 1. The van der Waals surface area contributed by atoms with Gasteiger partial charge >= 0.3 is 0 Å². The van der Waals surface area contributed by atoms with Crippen LogP contribution in [0.15, 0.2) is 18.2 Å². The first-order chi connectivity index (χ1) is 9.01.